The maximum absolute atomic E-state index is 12.4. The Morgan fingerprint density at radius 1 is 1.25 bits per heavy atom. The summed E-state index contributed by atoms with van der Waals surface area (Å²) in [7, 11) is 1.56. The van der Waals surface area contributed by atoms with Gasteiger partial charge in [-0.25, -0.2) is 4.79 Å². The highest BCUT2D eigenvalue weighted by Gasteiger charge is 2.30. The second-order valence-corrected chi connectivity index (χ2v) is 7.37. The van der Waals surface area contributed by atoms with Crippen molar-refractivity contribution in [3.63, 3.8) is 0 Å². The first-order valence-electron chi connectivity index (χ1n) is 9.63. The molecule has 150 valence electrons. The van der Waals surface area contributed by atoms with Gasteiger partial charge in [0, 0.05) is 6.04 Å². The minimum atomic E-state index is -0.968. The van der Waals surface area contributed by atoms with E-state index >= 15 is 0 Å². The molecule has 1 aliphatic rings. The second kappa shape index (κ2) is 9.93. The number of benzene rings is 1. The molecule has 28 heavy (non-hydrogen) atoms. The average Bonchev–Trinajstić information content (AvgIpc) is 2.69. The third-order valence-corrected chi connectivity index (χ3v) is 5.45. The van der Waals surface area contributed by atoms with E-state index in [4.69, 9.17) is 9.47 Å². The van der Waals surface area contributed by atoms with Crippen LogP contribution in [0, 0.1) is 23.2 Å². The van der Waals surface area contributed by atoms with Crippen molar-refractivity contribution >= 4 is 18.0 Å². The highest BCUT2D eigenvalue weighted by molar-refractivity contribution is 5.99. The van der Waals surface area contributed by atoms with Gasteiger partial charge in [-0.3, -0.25) is 4.79 Å². The van der Waals surface area contributed by atoms with Crippen molar-refractivity contribution in [2.75, 3.05) is 7.11 Å². The Bertz CT molecular complexity index is 764. The zero-order valence-electron chi connectivity index (χ0n) is 16.9. The van der Waals surface area contributed by atoms with E-state index in [2.05, 4.69) is 19.2 Å². The molecule has 1 saturated carbocycles. The monoisotopic (exact) mass is 384 g/mol. The molecule has 1 aromatic rings. The number of hydrogen-bond acceptors (Lipinski definition) is 5. The lowest BCUT2D eigenvalue weighted by Crippen LogP contribution is -2.47. The summed E-state index contributed by atoms with van der Waals surface area (Å²) in [5, 5.41) is 12.3. The van der Waals surface area contributed by atoms with Crippen molar-refractivity contribution in [2.24, 2.45) is 11.8 Å². The number of carbonyl (C=O) groups is 2. The molecule has 6 nitrogen and oxygen atoms in total. The van der Waals surface area contributed by atoms with Crippen LogP contribution in [0.15, 0.2) is 29.8 Å². The molecule has 0 aliphatic heterocycles. The first-order valence-corrected chi connectivity index (χ1v) is 9.63. The Balaban J connectivity index is 1.97. The zero-order valence-corrected chi connectivity index (χ0v) is 16.9. The summed E-state index contributed by atoms with van der Waals surface area (Å²) in [6.45, 7) is 5.85. The number of carbonyl (C=O) groups excluding carboxylic acids is 2. The van der Waals surface area contributed by atoms with Gasteiger partial charge in [0.05, 0.1) is 7.11 Å². The molecule has 0 aromatic heterocycles. The van der Waals surface area contributed by atoms with Gasteiger partial charge in [-0.1, -0.05) is 38.8 Å². The standard InChI is InChI=1S/C22H28N2O4/c1-14-6-5-7-20(15(14)2)24-21(25)16(3)28-22(26)18(13-23)12-17-8-10-19(27-4)11-9-17/h8-12,14-16,20H,5-7H2,1-4H3,(H,24,25)/b18-12+/t14-,15+,16+,20+/m0/s1. The summed E-state index contributed by atoms with van der Waals surface area (Å²) in [5.74, 6) is 0.460. The number of ether oxygens (including phenoxy) is 2. The fraction of sp³-hybridized carbons (Fsp3) is 0.500. The number of nitriles is 1. The Morgan fingerprint density at radius 3 is 2.54 bits per heavy atom. The van der Waals surface area contributed by atoms with Gasteiger partial charge < -0.3 is 14.8 Å². The summed E-state index contributed by atoms with van der Waals surface area (Å²) in [6.07, 6.45) is 3.63. The molecular formula is C22H28N2O4. The largest absolute Gasteiger partial charge is 0.497 e. The molecule has 0 saturated heterocycles. The highest BCUT2D eigenvalue weighted by atomic mass is 16.5. The maximum Gasteiger partial charge on any atom is 0.349 e. The number of esters is 1. The van der Waals surface area contributed by atoms with Crippen LogP contribution in [0.25, 0.3) is 6.08 Å². The van der Waals surface area contributed by atoms with Gasteiger partial charge in [-0.15, -0.1) is 0 Å². The van der Waals surface area contributed by atoms with E-state index in [0.29, 0.717) is 23.1 Å². The van der Waals surface area contributed by atoms with Gasteiger partial charge >= 0.3 is 5.97 Å². The number of rotatable bonds is 6. The van der Waals surface area contributed by atoms with E-state index in [0.717, 1.165) is 12.8 Å². The van der Waals surface area contributed by atoms with Crippen LogP contribution >= 0.6 is 0 Å². The lowest BCUT2D eigenvalue weighted by atomic mass is 9.78. The van der Waals surface area contributed by atoms with Crippen LogP contribution < -0.4 is 10.1 Å². The molecule has 0 unspecified atom stereocenters. The van der Waals surface area contributed by atoms with Crippen molar-refractivity contribution in [2.45, 2.75) is 52.2 Å². The third-order valence-electron chi connectivity index (χ3n) is 5.45. The number of nitrogens with zero attached hydrogens (tertiary/aromatic N) is 1. The fourth-order valence-corrected chi connectivity index (χ4v) is 3.37. The van der Waals surface area contributed by atoms with Crippen LogP contribution in [0.5, 0.6) is 5.75 Å². The molecule has 1 aliphatic carbocycles. The highest BCUT2D eigenvalue weighted by Crippen LogP contribution is 2.29. The molecule has 2 rings (SSSR count). The van der Waals surface area contributed by atoms with Crippen molar-refractivity contribution in [1.29, 1.82) is 5.26 Å². The summed E-state index contributed by atoms with van der Waals surface area (Å²) >= 11 is 0. The van der Waals surface area contributed by atoms with Crippen molar-refractivity contribution in [3.05, 3.63) is 35.4 Å². The Labute approximate surface area is 166 Å². The van der Waals surface area contributed by atoms with E-state index in [9.17, 15) is 14.9 Å². The van der Waals surface area contributed by atoms with Gasteiger partial charge in [0.25, 0.3) is 5.91 Å². The molecule has 0 bridgehead atoms. The molecule has 0 radical (unpaired) electrons. The lowest BCUT2D eigenvalue weighted by molar-refractivity contribution is -0.151. The van der Waals surface area contributed by atoms with E-state index in [1.165, 1.54) is 19.4 Å². The normalized spacial score (nSPS) is 23.2. The van der Waals surface area contributed by atoms with Gasteiger partial charge in [0.15, 0.2) is 6.10 Å². The Hall–Kier alpha value is -2.81. The predicted molar refractivity (Wildman–Crippen MR) is 106 cm³/mol. The number of amides is 1. The molecular weight excluding hydrogens is 356 g/mol. The Morgan fingerprint density at radius 2 is 1.93 bits per heavy atom. The average molecular weight is 384 g/mol. The van der Waals surface area contributed by atoms with Crippen LogP contribution in [0.2, 0.25) is 0 Å². The molecule has 4 atom stereocenters. The molecule has 0 spiro atoms. The van der Waals surface area contributed by atoms with Gasteiger partial charge in [-0.2, -0.15) is 5.26 Å². The van der Waals surface area contributed by atoms with Gasteiger partial charge in [-0.05, 0) is 49.0 Å². The second-order valence-electron chi connectivity index (χ2n) is 7.37. The van der Waals surface area contributed by atoms with E-state index in [1.807, 2.05) is 6.07 Å². The molecule has 1 aromatic carbocycles. The first kappa shape index (κ1) is 21.5. The molecule has 0 heterocycles. The summed E-state index contributed by atoms with van der Waals surface area (Å²) in [6, 6.07) is 8.84. The summed E-state index contributed by atoms with van der Waals surface area (Å²) in [4.78, 5) is 24.7. The maximum atomic E-state index is 12.4. The third kappa shape index (κ3) is 5.59. The molecule has 1 fully saturated rings. The van der Waals surface area contributed by atoms with Crippen molar-refractivity contribution in [3.8, 4) is 11.8 Å². The SMILES string of the molecule is COc1ccc(/C=C(\C#N)C(=O)O[C@H](C)C(=O)N[C@@H]2CCC[C@H](C)[C@H]2C)cc1. The number of nitrogens with one attached hydrogen (secondary N) is 1. The van der Waals surface area contributed by atoms with Crippen molar-refractivity contribution < 1.29 is 19.1 Å². The zero-order chi connectivity index (χ0) is 20.7. The van der Waals surface area contributed by atoms with Crippen LogP contribution in [-0.4, -0.2) is 31.1 Å². The smallest absolute Gasteiger partial charge is 0.349 e. The van der Waals surface area contributed by atoms with Crippen molar-refractivity contribution in [1.82, 2.24) is 5.32 Å². The predicted octanol–water partition coefficient (Wildman–Crippen LogP) is 3.47. The van der Waals surface area contributed by atoms with Crippen LogP contribution in [0.1, 0.15) is 45.6 Å². The van der Waals surface area contributed by atoms with Crippen LogP contribution in [-0.2, 0) is 14.3 Å². The van der Waals surface area contributed by atoms with Crippen LogP contribution in [0.4, 0.5) is 0 Å². The van der Waals surface area contributed by atoms with Gasteiger partial charge in [0.1, 0.15) is 17.4 Å². The lowest BCUT2D eigenvalue weighted by Gasteiger charge is -2.35. The topological polar surface area (TPSA) is 88.4 Å². The Kier molecular flexibility index (Phi) is 7.62. The molecule has 6 heteroatoms. The fourth-order valence-electron chi connectivity index (χ4n) is 3.37. The first-order chi connectivity index (χ1) is 13.3. The van der Waals surface area contributed by atoms with E-state index < -0.39 is 12.1 Å². The summed E-state index contributed by atoms with van der Waals surface area (Å²) in [5.41, 5.74) is 0.501. The van der Waals surface area contributed by atoms with E-state index in [1.54, 1.807) is 31.4 Å². The molecule has 1 N–H and O–H groups in total. The van der Waals surface area contributed by atoms with Crippen LogP contribution in [0.3, 0.4) is 0 Å². The van der Waals surface area contributed by atoms with Gasteiger partial charge in [0.2, 0.25) is 0 Å². The van der Waals surface area contributed by atoms with E-state index in [-0.39, 0.29) is 17.5 Å². The summed E-state index contributed by atoms with van der Waals surface area (Å²) < 4.78 is 10.3. The minimum Gasteiger partial charge on any atom is -0.497 e. The number of hydrogen-bond donors (Lipinski definition) is 1. The quantitative estimate of drug-likeness (QED) is 0.461. The number of methoxy groups -OCH3 is 1. The molecule has 1 amide bonds. The minimum absolute atomic E-state index is 0.0858.